The Labute approximate surface area is 118 Å². The van der Waals surface area contributed by atoms with E-state index < -0.39 is 0 Å². The van der Waals surface area contributed by atoms with E-state index in [-0.39, 0.29) is 17.9 Å². The summed E-state index contributed by atoms with van der Waals surface area (Å²) in [4.78, 5) is 14.2. The van der Waals surface area contributed by atoms with E-state index in [1.807, 2.05) is 19.9 Å². The summed E-state index contributed by atoms with van der Waals surface area (Å²) in [5.41, 5.74) is 0.810. The van der Waals surface area contributed by atoms with Gasteiger partial charge in [0.1, 0.15) is 5.76 Å². The zero-order valence-electron chi connectivity index (χ0n) is 11.9. The van der Waals surface area contributed by atoms with Gasteiger partial charge in [0.25, 0.3) is 0 Å². The van der Waals surface area contributed by atoms with Crippen LogP contribution in [-0.4, -0.2) is 40.9 Å². The van der Waals surface area contributed by atoms with Crippen LogP contribution in [0.2, 0.25) is 0 Å². The zero-order valence-corrected chi connectivity index (χ0v) is 11.9. The van der Waals surface area contributed by atoms with E-state index >= 15 is 0 Å². The van der Waals surface area contributed by atoms with Gasteiger partial charge in [-0.2, -0.15) is 0 Å². The lowest BCUT2D eigenvalue weighted by Gasteiger charge is -2.35. The van der Waals surface area contributed by atoms with Crippen LogP contribution in [0.5, 0.6) is 0 Å². The van der Waals surface area contributed by atoms with E-state index in [0.717, 1.165) is 24.6 Å². The first-order chi connectivity index (χ1) is 9.61. The monoisotopic (exact) mass is 279 g/mol. The molecule has 1 amide bonds. The molecule has 1 fully saturated rings. The third-order valence-electron chi connectivity index (χ3n) is 3.80. The molecule has 2 atom stereocenters. The second-order valence-electron chi connectivity index (χ2n) is 5.21. The maximum absolute atomic E-state index is 12.1. The van der Waals surface area contributed by atoms with Crippen molar-refractivity contribution in [2.24, 2.45) is 11.1 Å². The first kappa shape index (κ1) is 14.6. The van der Waals surface area contributed by atoms with Crippen molar-refractivity contribution in [3.63, 3.8) is 0 Å². The lowest BCUT2D eigenvalue weighted by atomic mass is 9.96. The highest BCUT2D eigenvalue weighted by Crippen LogP contribution is 2.16. The Morgan fingerprint density at radius 2 is 2.50 bits per heavy atom. The maximum Gasteiger partial charge on any atom is 0.237 e. The van der Waals surface area contributed by atoms with Gasteiger partial charge in [0.15, 0.2) is 0 Å². The van der Waals surface area contributed by atoms with Crippen LogP contribution in [0, 0.1) is 5.92 Å². The summed E-state index contributed by atoms with van der Waals surface area (Å²) in [5, 5.41) is 15.0. The van der Waals surface area contributed by atoms with E-state index in [0.29, 0.717) is 13.0 Å². The number of piperidine rings is 1. The quantitative estimate of drug-likeness (QED) is 0.646. The van der Waals surface area contributed by atoms with Crippen LogP contribution >= 0.6 is 0 Å². The minimum absolute atomic E-state index is 0.0158. The summed E-state index contributed by atoms with van der Waals surface area (Å²) in [6.07, 6.45) is 2.29. The summed E-state index contributed by atoms with van der Waals surface area (Å²) in [6.45, 7) is 5.77. The molecule has 6 heteroatoms. The Morgan fingerprint density at radius 3 is 3.10 bits per heavy atom. The van der Waals surface area contributed by atoms with Crippen molar-refractivity contribution in [3.05, 3.63) is 24.2 Å². The number of furan rings is 1. The molecule has 0 saturated carbocycles. The van der Waals surface area contributed by atoms with Crippen molar-refractivity contribution in [3.8, 4) is 0 Å². The van der Waals surface area contributed by atoms with Gasteiger partial charge in [-0.25, -0.2) is 0 Å². The number of amides is 1. The molecule has 1 aliphatic rings. The van der Waals surface area contributed by atoms with Gasteiger partial charge in [-0.3, -0.25) is 9.69 Å². The molecule has 0 spiro atoms. The fourth-order valence-electron chi connectivity index (χ4n) is 2.45. The average molecular weight is 279 g/mol. The fourth-order valence-corrected chi connectivity index (χ4v) is 2.45. The molecule has 0 aliphatic carbocycles. The van der Waals surface area contributed by atoms with Gasteiger partial charge in [0.05, 0.1) is 24.6 Å². The number of likely N-dealkylation sites (tertiary alicyclic amines) is 1. The van der Waals surface area contributed by atoms with Crippen LogP contribution in [0.25, 0.3) is 0 Å². The number of hydrogen-bond acceptors (Lipinski definition) is 5. The van der Waals surface area contributed by atoms with Gasteiger partial charge in [0.2, 0.25) is 5.91 Å². The van der Waals surface area contributed by atoms with Gasteiger partial charge < -0.3 is 14.9 Å². The number of carbonyl (C=O) groups is 1. The normalized spacial score (nSPS) is 23.7. The Bertz CT molecular complexity index is 470. The largest absolute Gasteiger partial charge is 0.467 e. The third kappa shape index (κ3) is 3.39. The average Bonchev–Trinajstić information content (AvgIpc) is 2.97. The zero-order chi connectivity index (χ0) is 14.5. The van der Waals surface area contributed by atoms with Crippen LogP contribution in [0.4, 0.5) is 0 Å². The minimum Gasteiger partial charge on any atom is -0.467 e. The molecule has 1 aromatic heterocycles. The molecule has 0 bridgehead atoms. The summed E-state index contributed by atoms with van der Waals surface area (Å²) in [6, 6.07) is 3.43. The molecular weight excluding hydrogens is 258 g/mol. The molecule has 110 valence electrons. The highest BCUT2D eigenvalue weighted by Gasteiger charge is 2.28. The second-order valence-corrected chi connectivity index (χ2v) is 5.21. The first-order valence-corrected chi connectivity index (χ1v) is 6.86. The lowest BCUT2D eigenvalue weighted by Crippen LogP contribution is -2.50. The van der Waals surface area contributed by atoms with Crippen LogP contribution in [-0.2, 0) is 11.3 Å². The molecule has 1 aliphatic heterocycles. The standard InChI is InChI=1S/C14H21N3O3/c1-10-9-17(6-5-13(10)16-19)11(2)14(18)15-8-12-4-3-7-20-12/h3-4,7,10-11,19H,5-6,8-9H2,1-2H3,(H,15,18)/b16-13-. The highest BCUT2D eigenvalue weighted by molar-refractivity contribution is 5.87. The predicted octanol–water partition coefficient (Wildman–Crippen LogP) is 1.46. The number of oxime groups is 1. The Morgan fingerprint density at radius 1 is 1.70 bits per heavy atom. The van der Waals surface area contributed by atoms with Crippen LogP contribution in [0.15, 0.2) is 28.0 Å². The number of rotatable bonds is 4. The smallest absolute Gasteiger partial charge is 0.237 e. The van der Waals surface area contributed by atoms with Crippen LogP contribution in [0.3, 0.4) is 0 Å². The number of nitrogens with one attached hydrogen (secondary N) is 1. The predicted molar refractivity (Wildman–Crippen MR) is 74.6 cm³/mol. The highest BCUT2D eigenvalue weighted by atomic mass is 16.4. The summed E-state index contributed by atoms with van der Waals surface area (Å²) >= 11 is 0. The molecule has 0 radical (unpaired) electrons. The molecule has 0 aromatic carbocycles. The first-order valence-electron chi connectivity index (χ1n) is 6.86. The number of carbonyl (C=O) groups excluding carboxylic acids is 1. The molecule has 1 aromatic rings. The van der Waals surface area contributed by atoms with Gasteiger partial charge in [-0.05, 0) is 19.1 Å². The topological polar surface area (TPSA) is 78.1 Å². The Hall–Kier alpha value is -1.82. The van der Waals surface area contributed by atoms with Crippen molar-refractivity contribution in [2.75, 3.05) is 13.1 Å². The second kappa shape index (κ2) is 6.56. The molecule has 2 heterocycles. The van der Waals surface area contributed by atoms with E-state index in [4.69, 9.17) is 9.62 Å². The SMILES string of the molecule is CC1CN(C(C)C(=O)NCc2ccco2)CC/C1=N/O. The van der Waals surface area contributed by atoms with E-state index in [1.165, 1.54) is 0 Å². The van der Waals surface area contributed by atoms with Crippen molar-refractivity contribution in [2.45, 2.75) is 32.9 Å². The molecule has 2 rings (SSSR count). The summed E-state index contributed by atoms with van der Waals surface area (Å²) < 4.78 is 5.18. The maximum atomic E-state index is 12.1. The molecule has 6 nitrogen and oxygen atoms in total. The molecule has 2 N–H and O–H groups in total. The van der Waals surface area contributed by atoms with E-state index in [9.17, 15) is 4.79 Å². The lowest BCUT2D eigenvalue weighted by molar-refractivity contribution is -0.126. The van der Waals surface area contributed by atoms with Crippen molar-refractivity contribution in [1.82, 2.24) is 10.2 Å². The molecular formula is C14H21N3O3. The van der Waals surface area contributed by atoms with Crippen molar-refractivity contribution < 1.29 is 14.4 Å². The van der Waals surface area contributed by atoms with Gasteiger partial charge in [-0.1, -0.05) is 12.1 Å². The minimum atomic E-state index is -0.201. The van der Waals surface area contributed by atoms with Gasteiger partial charge in [0, 0.05) is 25.4 Å². The fraction of sp³-hybridized carbons (Fsp3) is 0.571. The Kier molecular flexibility index (Phi) is 4.79. The van der Waals surface area contributed by atoms with Crippen molar-refractivity contribution in [1.29, 1.82) is 0 Å². The van der Waals surface area contributed by atoms with Gasteiger partial charge in [-0.15, -0.1) is 0 Å². The van der Waals surface area contributed by atoms with Crippen molar-refractivity contribution >= 4 is 11.6 Å². The van der Waals surface area contributed by atoms with E-state index in [1.54, 1.807) is 12.3 Å². The number of hydrogen-bond donors (Lipinski definition) is 2. The Balaban J connectivity index is 1.84. The molecule has 1 saturated heterocycles. The number of nitrogens with zero attached hydrogens (tertiary/aromatic N) is 2. The van der Waals surface area contributed by atoms with Crippen LogP contribution < -0.4 is 5.32 Å². The van der Waals surface area contributed by atoms with Gasteiger partial charge >= 0.3 is 0 Å². The van der Waals surface area contributed by atoms with Crippen LogP contribution in [0.1, 0.15) is 26.0 Å². The third-order valence-corrected chi connectivity index (χ3v) is 3.80. The summed E-state index contributed by atoms with van der Waals surface area (Å²) in [5.74, 6) is 0.902. The molecule has 20 heavy (non-hydrogen) atoms. The molecule has 2 unspecified atom stereocenters. The van der Waals surface area contributed by atoms with E-state index in [2.05, 4.69) is 15.4 Å². The summed E-state index contributed by atoms with van der Waals surface area (Å²) in [7, 11) is 0.